The highest BCUT2D eigenvalue weighted by Crippen LogP contribution is 2.15. The molecule has 2 N–H and O–H groups in total. The molecule has 0 spiro atoms. The van der Waals surface area contributed by atoms with Crippen LogP contribution in [0, 0.1) is 5.82 Å². The van der Waals surface area contributed by atoms with Crippen molar-refractivity contribution in [1.82, 2.24) is 10.9 Å². The van der Waals surface area contributed by atoms with Gasteiger partial charge in [0.2, 0.25) is 0 Å². The Hall–Kier alpha value is -1.84. The first-order valence-electron chi connectivity index (χ1n) is 8.76. The van der Waals surface area contributed by atoms with Crippen LogP contribution in [0.25, 0.3) is 0 Å². The summed E-state index contributed by atoms with van der Waals surface area (Å²) in [6.45, 7) is 0. The molecule has 0 fully saturated rings. The minimum absolute atomic E-state index is 0.239. The van der Waals surface area contributed by atoms with Gasteiger partial charge < -0.3 is 5.43 Å². The Morgan fingerprint density at radius 3 is 2.17 bits per heavy atom. The molecule has 0 aliphatic heterocycles. The van der Waals surface area contributed by atoms with Crippen LogP contribution >= 0.6 is 0 Å². The molecule has 0 unspecified atom stereocenters. The number of hydrazine groups is 1. The minimum Gasteiger partial charge on any atom is -0.303 e. The first kappa shape index (κ1) is 17.5. The number of amides is 1. The van der Waals surface area contributed by atoms with Crippen molar-refractivity contribution in [3.05, 3.63) is 47.4 Å². The molecule has 0 radical (unpaired) electrons. The van der Waals surface area contributed by atoms with Crippen molar-refractivity contribution in [3.63, 3.8) is 0 Å². The lowest BCUT2D eigenvalue weighted by Crippen LogP contribution is -2.36. The molecule has 3 nitrogen and oxygen atoms in total. The molecule has 1 amide bonds. The molecular formula is C19H27FN2O. The maximum atomic E-state index is 12.9. The summed E-state index contributed by atoms with van der Waals surface area (Å²) in [6.07, 6.45) is 14.4. The van der Waals surface area contributed by atoms with Gasteiger partial charge in [-0.25, -0.2) is 4.39 Å². The predicted octanol–water partition coefficient (Wildman–Crippen LogP) is 4.86. The van der Waals surface area contributed by atoms with Crippen LogP contribution in [-0.2, 0) is 0 Å². The molecule has 2 rings (SSSR count). The minimum atomic E-state index is -0.337. The van der Waals surface area contributed by atoms with Gasteiger partial charge in [-0.15, -0.1) is 0 Å². The highest BCUT2D eigenvalue weighted by Gasteiger charge is 2.06. The normalized spacial score (nSPS) is 17.3. The molecule has 1 aromatic rings. The molecule has 0 heterocycles. The summed E-state index contributed by atoms with van der Waals surface area (Å²) in [5.74, 6) is -0.575. The van der Waals surface area contributed by atoms with Crippen LogP contribution in [0.5, 0.6) is 0 Å². The average Bonchev–Trinajstić information content (AvgIpc) is 2.55. The van der Waals surface area contributed by atoms with Gasteiger partial charge in [0.1, 0.15) is 5.82 Å². The lowest BCUT2D eigenvalue weighted by molar-refractivity contribution is 0.0938. The quantitative estimate of drug-likeness (QED) is 0.782. The molecule has 4 heteroatoms. The Kier molecular flexibility index (Phi) is 7.64. The fraction of sp³-hybridized carbons (Fsp3) is 0.526. The number of hydrogen-bond acceptors (Lipinski definition) is 2. The number of halogens is 1. The molecule has 23 heavy (non-hydrogen) atoms. The van der Waals surface area contributed by atoms with Crippen molar-refractivity contribution >= 4 is 5.91 Å². The summed E-state index contributed by atoms with van der Waals surface area (Å²) < 4.78 is 12.9. The van der Waals surface area contributed by atoms with E-state index in [1.54, 1.807) is 0 Å². The van der Waals surface area contributed by atoms with E-state index in [9.17, 15) is 9.18 Å². The van der Waals surface area contributed by atoms with Crippen molar-refractivity contribution < 1.29 is 9.18 Å². The number of hydrogen-bond donors (Lipinski definition) is 2. The topological polar surface area (TPSA) is 41.1 Å². The SMILES string of the molecule is O=C(NNC1=CCCCCCCCCCC1)c1ccc(F)cc1. The second-order valence-corrected chi connectivity index (χ2v) is 6.18. The van der Waals surface area contributed by atoms with E-state index in [1.807, 2.05) is 0 Å². The Morgan fingerprint density at radius 2 is 1.48 bits per heavy atom. The van der Waals surface area contributed by atoms with Crippen LogP contribution in [0.1, 0.15) is 74.6 Å². The van der Waals surface area contributed by atoms with Crippen LogP contribution < -0.4 is 10.9 Å². The number of carbonyl (C=O) groups excluding carboxylic acids is 1. The van der Waals surface area contributed by atoms with Crippen molar-refractivity contribution in [1.29, 1.82) is 0 Å². The molecule has 0 saturated carbocycles. The Balaban J connectivity index is 1.84. The van der Waals surface area contributed by atoms with E-state index in [2.05, 4.69) is 16.9 Å². The van der Waals surface area contributed by atoms with Crippen LogP contribution in [0.4, 0.5) is 4.39 Å². The van der Waals surface area contributed by atoms with Crippen LogP contribution in [0.3, 0.4) is 0 Å². The van der Waals surface area contributed by atoms with Gasteiger partial charge in [0.15, 0.2) is 0 Å². The van der Waals surface area contributed by atoms with Gasteiger partial charge in [-0.05, 0) is 49.9 Å². The smallest absolute Gasteiger partial charge is 0.269 e. The van der Waals surface area contributed by atoms with E-state index in [4.69, 9.17) is 0 Å². The highest BCUT2D eigenvalue weighted by atomic mass is 19.1. The van der Waals surface area contributed by atoms with Crippen molar-refractivity contribution in [2.75, 3.05) is 0 Å². The monoisotopic (exact) mass is 318 g/mol. The first-order valence-corrected chi connectivity index (χ1v) is 8.76. The molecular weight excluding hydrogens is 291 g/mol. The average molecular weight is 318 g/mol. The van der Waals surface area contributed by atoms with Gasteiger partial charge in [-0.2, -0.15) is 0 Å². The van der Waals surface area contributed by atoms with Crippen molar-refractivity contribution in [2.45, 2.75) is 64.2 Å². The molecule has 1 aromatic carbocycles. The summed E-state index contributed by atoms with van der Waals surface area (Å²) in [5.41, 5.74) is 7.31. The Morgan fingerprint density at radius 1 is 0.870 bits per heavy atom. The standard InChI is InChI=1S/C19H27FN2O/c20-17-14-12-16(13-15-17)19(23)22-21-18-10-8-6-4-2-1-3-5-7-9-11-18/h10,12-15,21H,1-9,11H2,(H,22,23). The highest BCUT2D eigenvalue weighted by molar-refractivity contribution is 5.93. The van der Waals surface area contributed by atoms with Gasteiger partial charge in [0.25, 0.3) is 5.91 Å². The fourth-order valence-electron chi connectivity index (χ4n) is 2.82. The number of carbonyl (C=O) groups is 1. The second-order valence-electron chi connectivity index (χ2n) is 6.18. The summed E-state index contributed by atoms with van der Waals surface area (Å²) in [7, 11) is 0. The van der Waals surface area contributed by atoms with Crippen LogP contribution in [0.2, 0.25) is 0 Å². The Labute approximate surface area is 138 Å². The molecule has 1 aliphatic rings. The van der Waals surface area contributed by atoms with Gasteiger partial charge >= 0.3 is 0 Å². The summed E-state index contributed by atoms with van der Waals surface area (Å²) >= 11 is 0. The van der Waals surface area contributed by atoms with E-state index < -0.39 is 0 Å². The molecule has 0 saturated heterocycles. The maximum absolute atomic E-state index is 12.9. The molecule has 0 bridgehead atoms. The van der Waals surface area contributed by atoms with Crippen LogP contribution in [0.15, 0.2) is 36.0 Å². The lowest BCUT2D eigenvalue weighted by atomic mass is 10.0. The maximum Gasteiger partial charge on any atom is 0.269 e. The molecule has 0 aromatic heterocycles. The second kappa shape index (κ2) is 10.0. The van der Waals surface area contributed by atoms with Gasteiger partial charge in [0, 0.05) is 11.3 Å². The van der Waals surface area contributed by atoms with E-state index >= 15 is 0 Å². The Bertz CT molecular complexity index is 511. The molecule has 126 valence electrons. The lowest BCUT2D eigenvalue weighted by Gasteiger charge is -2.13. The number of benzene rings is 1. The largest absolute Gasteiger partial charge is 0.303 e. The van der Waals surface area contributed by atoms with E-state index in [1.165, 1.54) is 69.2 Å². The predicted molar refractivity (Wildman–Crippen MR) is 91.3 cm³/mol. The van der Waals surface area contributed by atoms with Gasteiger partial charge in [0.05, 0.1) is 0 Å². The summed E-state index contributed by atoms with van der Waals surface area (Å²) in [5, 5.41) is 0. The van der Waals surface area contributed by atoms with Gasteiger partial charge in [-0.1, -0.05) is 44.6 Å². The van der Waals surface area contributed by atoms with Crippen molar-refractivity contribution in [3.8, 4) is 0 Å². The third kappa shape index (κ3) is 6.85. The van der Waals surface area contributed by atoms with Crippen LogP contribution in [-0.4, -0.2) is 5.91 Å². The number of allylic oxidation sites excluding steroid dienone is 2. The first-order chi connectivity index (χ1) is 11.3. The zero-order valence-electron chi connectivity index (χ0n) is 13.7. The zero-order chi connectivity index (χ0) is 16.3. The third-order valence-electron chi connectivity index (χ3n) is 4.23. The fourth-order valence-corrected chi connectivity index (χ4v) is 2.82. The number of rotatable bonds is 3. The summed E-state index contributed by atoms with van der Waals surface area (Å²) in [6, 6.07) is 5.57. The molecule has 1 aliphatic carbocycles. The van der Waals surface area contributed by atoms with Crippen molar-refractivity contribution in [2.24, 2.45) is 0 Å². The van der Waals surface area contributed by atoms with E-state index in [-0.39, 0.29) is 11.7 Å². The number of nitrogens with one attached hydrogen (secondary N) is 2. The molecule has 0 atom stereocenters. The van der Waals surface area contributed by atoms with Gasteiger partial charge in [-0.3, -0.25) is 10.2 Å². The zero-order valence-corrected chi connectivity index (χ0v) is 13.7. The third-order valence-corrected chi connectivity index (χ3v) is 4.23. The summed E-state index contributed by atoms with van der Waals surface area (Å²) in [4.78, 5) is 12.1. The van der Waals surface area contributed by atoms with E-state index in [0.717, 1.165) is 25.0 Å². The van der Waals surface area contributed by atoms with E-state index in [0.29, 0.717) is 5.56 Å².